The molecule has 0 atom stereocenters. The van der Waals surface area contributed by atoms with Crippen molar-refractivity contribution in [1.82, 2.24) is 9.97 Å². The van der Waals surface area contributed by atoms with Gasteiger partial charge in [0.05, 0.1) is 38.9 Å². The number of aromatic amines is 1. The summed E-state index contributed by atoms with van der Waals surface area (Å²) in [6, 6.07) is 5.19. The molecule has 4 aromatic rings. The molecule has 0 aliphatic carbocycles. The zero-order valence-electron chi connectivity index (χ0n) is 18.1. The lowest BCUT2D eigenvalue weighted by atomic mass is 10.00. The molecule has 0 spiro atoms. The Morgan fingerprint density at radius 3 is 2.57 bits per heavy atom. The quantitative estimate of drug-likeness (QED) is 0.226. The van der Waals surface area contributed by atoms with Crippen molar-refractivity contribution in [2.45, 2.75) is 24.9 Å². The van der Waals surface area contributed by atoms with E-state index in [-0.39, 0.29) is 38.6 Å². The first-order chi connectivity index (χ1) is 16.3. The molecule has 2 N–H and O–H groups in total. The molecule has 0 bridgehead atoms. The summed E-state index contributed by atoms with van der Waals surface area (Å²) in [5, 5.41) is 12.4. The lowest BCUT2D eigenvalue weighted by Gasteiger charge is -2.15. The summed E-state index contributed by atoms with van der Waals surface area (Å²) in [4.78, 5) is 19.5. The average Bonchev–Trinajstić information content (AvgIpc) is 3.23. The van der Waals surface area contributed by atoms with Gasteiger partial charge in [-0.15, -0.1) is 0 Å². The van der Waals surface area contributed by atoms with Crippen LogP contribution >= 0.6 is 11.6 Å². The minimum atomic E-state index is -4.76. The maximum atomic E-state index is 13.5. The lowest BCUT2D eigenvalue weighted by Crippen LogP contribution is -2.29. The number of ketones is 1. The number of aromatic nitrogens is 3. The second-order valence-corrected chi connectivity index (χ2v) is 9.83. The zero-order valence-corrected chi connectivity index (χ0v) is 19.6. The van der Waals surface area contributed by atoms with E-state index in [1.54, 1.807) is 0 Å². The van der Waals surface area contributed by atoms with E-state index in [1.165, 1.54) is 32.3 Å². The van der Waals surface area contributed by atoms with Gasteiger partial charge in [-0.05, 0) is 43.7 Å². The molecule has 8 nitrogen and oxygen atoms in total. The molecule has 0 unspecified atom stereocenters. The van der Waals surface area contributed by atoms with Crippen molar-refractivity contribution in [3.63, 3.8) is 0 Å². The normalized spacial score (nSPS) is 12.2. The highest BCUT2D eigenvalue weighted by molar-refractivity contribution is 7.92. The van der Waals surface area contributed by atoms with Gasteiger partial charge in [0.25, 0.3) is 15.7 Å². The number of H-pyrrole nitrogens is 1. The van der Waals surface area contributed by atoms with Crippen LogP contribution in [0, 0.1) is 19.1 Å². The van der Waals surface area contributed by atoms with Crippen LogP contribution in [-0.4, -0.2) is 24.2 Å². The van der Waals surface area contributed by atoms with E-state index in [9.17, 15) is 31.6 Å². The number of hydrogen-bond donors (Lipinski definition) is 2. The first-order valence-electron chi connectivity index (χ1n) is 9.90. The molecule has 0 aliphatic rings. The molecule has 1 aromatic carbocycles. The molecule has 3 aromatic heterocycles. The summed E-state index contributed by atoms with van der Waals surface area (Å²) >= 11 is 5.97. The highest BCUT2D eigenvalue weighted by Gasteiger charge is 2.34. The summed E-state index contributed by atoms with van der Waals surface area (Å²) in [6.07, 6.45) is -0.999. The highest BCUT2D eigenvalue weighted by Crippen LogP contribution is 2.34. The number of aryl methyl sites for hydroxylation is 2. The smallest absolute Gasteiger partial charge is 0.416 e. The molecule has 13 heteroatoms. The topological polar surface area (TPSA) is 119 Å². The number of carbonyl (C=O) groups excluding carboxylic acids is 1. The molecule has 0 saturated heterocycles. The number of rotatable bonds is 5. The molecule has 0 amide bonds. The van der Waals surface area contributed by atoms with Gasteiger partial charge in [0.15, 0.2) is 0 Å². The summed E-state index contributed by atoms with van der Waals surface area (Å²) in [7, 11) is -4.58. The van der Waals surface area contributed by atoms with E-state index >= 15 is 0 Å². The lowest BCUT2D eigenvalue weighted by molar-refractivity contribution is -0.579. The Kier molecular flexibility index (Phi) is 5.97. The second kappa shape index (κ2) is 8.54. The summed E-state index contributed by atoms with van der Waals surface area (Å²) in [5.74, 6) is -0.720. The number of anilines is 1. The number of sulfonamides is 1. The van der Waals surface area contributed by atoms with E-state index in [0.29, 0.717) is 16.4 Å². The van der Waals surface area contributed by atoms with E-state index in [1.807, 2.05) is 0 Å². The minimum absolute atomic E-state index is 0.0203. The predicted octanol–water partition coefficient (Wildman–Crippen LogP) is 4.52. The fraction of sp³-hybridized carbons (Fsp3) is 0.136. The Bertz CT molecular complexity index is 1600. The Morgan fingerprint density at radius 2 is 1.89 bits per heavy atom. The third-order valence-corrected chi connectivity index (χ3v) is 6.86. The number of nitrogens with one attached hydrogen (secondary N) is 2. The standard InChI is InChI=1S/C22H16ClF3N4O4S/c1-11-3-4-14(8-16(11)22(24,25)26)35(33,34)29-17-7-13(23)9-28-19(17)20(31)18-12(2)10-30(32)21-15(18)5-6-27-21/h3-10,27,29H,1-2H3. The third-order valence-electron chi connectivity index (χ3n) is 5.29. The van der Waals surface area contributed by atoms with Crippen LogP contribution in [0.25, 0.3) is 11.0 Å². The predicted molar refractivity (Wildman–Crippen MR) is 122 cm³/mol. The fourth-order valence-electron chi connectivity index (χ4n) is 3.66. The van der Waals surface area contributed by atoms with Gasteiger partial charge in [-0.2, -0.15) is 13.2 Å². The molecular formula is C22H16ClF3N4O4S. The molecule has 182 valence electrons. The van der Waals surface area contributed by atoms with Crippen LogP contribution in [0.5, 0.6) is 0 Å². The van der Waals surface area contributed by atoms with Crippen molar-refractivity contribution >= 4 is 44.1 Å². The van der Waals surface area contributed by atoms with Gasteiger partial charge < -0.3 is 5.21 Å². The number of alkyl halides is 3. The maximum absolute atomic E-state index is 13.5. The molecule has 0 aliphatic heterocycles. The van der Waals surface area contributed by atoms with Gasteiger partial charge in [0.1, 0.15) is 5.69 Å². The van der Waals surface area contributed by atoms with Crippen LogP contribution in [-0.2, 0) is 16.2 Å². The van der Waals surface area contributed by atoms with Crippen molar-refractivity contribution in [2.24, 2.45) is 0 Å². The zero-order chi connectivity index (χ0) is 25.7. The van der Waals surface area contributed by atoms with Crippen LogP contribution in [0.15, 0.2) is 53.8 Å². The van der Waals surface area contributed by atoms with Gasteiger partial charge in [0.2, 0.25) is 5.78 Å². The summed E-state index contributed by atoms with van der Waals surface area (Å²) in [5.41, 5.74) is -1.44. The molecule has 0 saturated carbocycles. The number of benzene rings is 1. The number of hydrogen-bond acceptors (Lipinski definition) is 5. The summed E-state index contributed by atoms with van der Waals surface area (Å²) in [6.45, 7) is 2.73. The van der Waals surface area contributed by atoms with Gasteiger partial charge in [-0.25, -0.2) is 23.1 Å². The SMILES string of the molecule is Cc1ccc(S(=O)(=O)Nc2cc(Cl)cnc2C(=O)c2c(C)c[n+]([O-])c3[nH]ccc23)cc1C(F)(F)F. The first-order valence-corrected chi connectivity index (χ1v) is 11.8. The Hall–Kier alpha value is -3.64. The second-order valence-electron chi connectivity index (χ2n) is 7.71. The van der Waals surface area contributed by atoms with E-state index in [2.05, 4.69) is 14.7 Å². The van der Waals surface area contributed by atoms with Crippen molar-refractivity contribution in [3.05, 3.63) is 87.1 Å². The number of halogens is 4. The van der Waals surface area contributed by atoms with Gasteiger partial charge in [-0.1, -0.05) is 17.7 Å². The van der Waals surface area contributed by atoms with Gasteiger partial charge in [-0.3, -0.25) is 9.52 Å². The minimum Gasteiger partial charge on any atom is -0.711 e. The van der Waals surface area contributed by atoms with Crippen molar-refractivity contribution in [3.8, 4) is 0 Å². The Labute approximate surface area is 202 Å². The molecular weight excluding hydrogens is 509 g/mol. The van der Waals surface area contributed by atoms with Crippen LogP contribution in [0.4, 0.5) is 18.9 Å². The van der Waals surface area contributed by atoms with E-state index < -0.39 is 32.4 Å². The molecule has 3 heterocycles. The third kappa shape index (κ3) is 4.54. The monoisotopic (exact) mass is 524 g/mol. The van der Waals surface area contributed by atoms with E-state index in [0.717, 1.165) is 24.4 Å². The number of fused-ring (bicyclic) bond motifs is 1. The molecule has 4 rings (SSSR count). The van der Waals surface area contributed by atoms with Crippen molar-refractivity contribution in [2.75, 3.05) is 4.72 Å². The fourth-order valence-corrected chi connectivity index (χ4v) is 4.90. The Balaban J connectivity index is 1.81. The first kappa shape index (κ1) is 24.5. The van der Waals surface area contributed by atoms with Crippen LogP contribution in [0.3, 0.4) is 0 Å². The number of nitrogens with zero attached hydrogens (tertiary/aromatic N) is 2. The van der Waals surface area contributed by atoms with Crippen molar-refractivity contribution in [1.29, 1.82) is 0 Å². The van der Waals surface area contributed by atoms with Crippen LogP contribution in [0.2, 0.25) is 5.02 Å². The van der Waals surface area contributed by atoms with Crippen molar-refractivity contribution < 1.29 is 31.1 Å². The molecule has 0 radical (unpaired) electrons. The van der Waals surface area contributed by atoms with Crippen LogP contribution < -0.4 is 9.45 Å². The van der Waals surface area contributed by atoms with E-state index in [4.69, 9.17) is 11.6 Å². The highest BCUT2D eigenvalue weighted by atomic mass is 35.5. The Morgan fingerprint density at radius 1 is 1.17 bits per heavy atom. The largest absolute Gasteiger partial charge is 0.711 e. The van der Waals surface area contributed by atoms with Crippen LogP contribution in [0.1, 0.15) is 32.7 Å². The maximum Gasteiger partial charge on any atom is 0.416 e. The average molecular weight is 525 g/mol. The summed E-state index contributed by atoms with van der Waals surface area (Å²) < 4.78 is 68.6. The van der Waals surface area contributed by atoms with Gasteiger partial charge in [0, 0.05) is 17.3 Å². The molecule has 35 heavy (non-hydrogen) atoms. The molecule has 0 fully saturated rings. The number of pyridine rings is 2. The van der Waals surface area contributed by atoms with Gasteiger partial charge >= 0.3 is 6.18 Å². The number of carbonyl (C=O) groups is 1.